The molecular formula is C24H21N3O2S3. The van der Waals surface area contributed by atoms with Crippen molar-refractivity contribution in [3.05, 3.63) is 81.6 Å². The normalized spacial score (nSPS) is 12.8. The molecule has 2 aromatic carbocycles. The van der Waals surface area contributed by atoms with Crippen LogP contribution in [0.2, 0.25) is 0 Å². The molecule has 32 heavy (non-hydrogen) atoms. The van der Waals surface area contributed by atoms with Crippen LogP contribution in [0.4, 0.5) is 5.13 Å². The number of anilines is 1. The minimum Gasteiger partial charge on any atom is -0.301 e. The minimum absolute atomic E-state index is 0.0401. The molecule has 0 atom stereocenters. The summed E-state index contributed by atoms with van der Waals surface area (Å²) in [6.07, 6.45) is 0.895. The Bertz CT molecular complexity index is 1360. The number of benzene rings is 2. The third-order valence-electron chi connectivity index (χ3n) is 5.24. The Labute approximate surface area is 198 Å². The molecule has 1 amide bonds. The van der Waals surface area contributed by atoms with E-state index < -0.39 is 0 Å². The predicted octanol–water partition coefficient (Wildman–Crippen LogP) is 5.19. The van der Waals surface area contributed by atoms with Crippen LogP contribution in [0.15, 0.2) is 69.3 Å². The van der Waals surface area contributed by atoms with Crippen molar-refractivity contribution in [2.75, 3.05) is 16.8 Å². The molecule has 1 aliphatic rings. The Hall–Kier alpha value is -2.55. The first-order chi connectivity index (χ1) is 15.6. The summed E-state index contributed by atoms with van der Waals surface area (Å²) in [5.74, 6) is 1.02. The number of thioether (sulfide) groups is 2. The lowest BCUT2D eigenvalue weighted by molar-refractivity contribution is -0.113. The molecule has 0 aliphatic carbocycles. The summed E-state index contributed by atoms with van der Waals surface area (Å²) < 4.78 is 2.85. The van der Waals surface area contributed by atoms with Crippen molar-refractivity contribution >= 4 is 56.1 Å². The van der Waals surface area contributed by atoms with Crippen LogP contribution in [-0.4, -0.2) is 27.0 Å². The third-order valence-corrected chi connectivity index (χ3v) is 8.35. The molecule has 0 saturated carbocycles. The predicted molar refractivity (Wildman–Crippen MR) is 134 cm³/mol. The lowest BCUT2D eigenvalue weighted by Crippen LogP contribution is -2.25. The fourth-order valence-electron chi connectivity index (χ4n) is 3.67. The molecule has 1 N–H and O–H groups in total. The Morgan fingerprint density at radius 2 is 2.03 bits per heavy atom. The maximum Gasteiger partial charge on any atom is 0.265 e. The quantitative estimate of drug-likeness (QED) is 0.386. The molecule has 162 valence electrons. The van der Waals surface area contributed by atoms with Crippen LogP contribution in [0.1, 0.15) is 16.7 Å². The van der Waals surface area contributed by atoms with E-state index in [2.05, 4.69) is 22.4 Å². The molecule has 0 fully saturated rings. The third kappa shape index (κ3) is 4.48. The van der Waals surface area contributed by atoms with Crippen molar-refractivity contribution in [3.63, 3.8) is 0 Å². The van der Waals surface area contributed by atoms with Crippen molar-refractivity contribution < 1.29 is 4.79 Å². The summed E-state index contributed by atoms with van der Waals surface area (Å²) in [6, 6.07) is 18.1. The summed E-state index contributed by atoms with van der Waals surface area (Å²) in [4.78, 5) is 31.2. The second-order valence-corrected chi connectivity index (χ2v) is 10.8. The van der Waals surface area contributed by atoms with Gasteiger partial charge in [0, 0.05) is 5.75 Å². The van der Waals surface area contributed by atoms with Crippen LogP contribution >= 0.6 is 34.9 Å². The number of pyridine rings is 1. The van der Waals surface area contributed by atoms with Gasteiger partial charge in [-0.25, -0.2) is 4.98 Å². The number of amides is 1. The highest BCUT2D eigenvalue weighted by Crippen LogP contribution is 2.32. The topological polar surface area (TPSA) is 64.0 Å². The molecule has 0 saturated heterocycles. The average Bonchev–Trinajstić information content (AvgIpc) is 3.41. The number of aryl methyl sites for hydroxylation is 2. The Morgan fingerprint density at radius 1 is 1.19 bits per heavy atom. The van der Waals surface area contributed by atoms with Crippen LogP contribution < -0.4 is 10.9 Å². The molecule has 5 nitrogen and oxygen atoms in total. The van der Waals surface area contributed by atoms with E-state index >= 15 is 0 Å². The summed E-state index contributed by atoms with van der Waals surface area (Å²) in [7, 11) is 0. The van der Waals surface area contributed by atoms with Gasteiger partial charge in [0.05, 0.1) is 32.4 Å². The fourth-order valence-corrected chi connectivity index (χ4v) is 6.64. The molecule has 3 heterocycles. The highest BCUT2D eigenvalue weighted by Gasteiger charge is 2.21. The van der Waals surface area contributed by atoms with Crippen LogP contribution in [0, 0.1) is 6.92 Å². The number of nitrogens with one attached hydrogen (secondary N) is 1. The molecule has 1 aliphatic heterocycles. The van der Waals surface area contributed by atoms with Gasteiger partial charge in [0.25, 0.3) is 5.56 Å². The highest BCUT2D eigenvalue weighted by atomic mass is 32.2. The molecule has 2 aromatic heterocycles. The van der Waals surface area contributed by atoms with Gasteiger partial charge in [-0.05, 0) is 48.2 Å². The monoisotopic (exact) mass is 479 g/mol. The number of fused-ring (bicyclic) bond motifs is 2. The summed E-state index contributed by atoms with van der Waals surface area (Å²) in [5, 5.41) is 4.34. The number of aromatic nitrogens is 2. The van der Waals surface area contributed by atoms with Crippen molar-refractivity contribution in [2.24, 2.45) is 0 Å². The molecule has 0 spiro atoms. The van der Waals surface area contributed by atoms with Crippen molar-refractivity contribution in [1.82, 2.24) is 9.55 Å². The van der Waals surface area contributed by atoms with Gasteiger partial charge in [-0.15, -0.1) is 11.8 Å². The largest absolute Gasteiger partial charge is 0.301 e. The number of carbonyl (C=O) groups excluding carboxylic acids is 1. The second kappa shape index (κ2) is 9.13. The van der Waals surface area contributed by atoms with Gasteiger partial charge >= 0.3 is 0 Å². The molecule has 0 radical (unpaired) electrons. The zero-order valence-corrected chi connectivity index (χ0v) is 19.9. The maximum absolute atomic E-state index is 13.2. The summed E-state index contributed by atoms with van der Waals surface area (Å²) in [5.41, 5.74) is 4.25. The SMILES string of the molecule is Cc1ccc2nc(NC(=O)CSc3cc4c(c(=O)n3Cc3ccccc3)SCC4)sc2c1. The van der Waals surface area contributed by atoms with E-state index in [4.69, 9.17) is 0 Å². The summed E-state index contributed by atoms with van der Waals surface area (Å²) in [6.45, 7) is 2.53. The van der Waals surface area contributed by atoms with Crippen molar-refractivity contribution in [1.29, 1.82) is 0 Å². The van der Waals surface area contributed by atoms with Gasteiger partial charge in [-0.2, -0.15) is 0 Å². The molecule has 4 aromatic rings. The van der Waals surface area contributed by atoms with E-state index in [-0.39, 0.29) is 17.2 Å². The van der Waals surface area contributed by atoms with E-state index in [0.717, 1.165) is 43.4 Å². The van der Waals surface area contributed by atoms with Crippen LogP contribution in [0.3, 0.4) is 0 Å². The fraction of sp³-hybridized carbons (Fsp3) is 0.208. The van der Waals surface area contributed by atoms with Gasteiger partial charge in [0.1, 0.15) is 0 Å². The first-order valence-electron chi connectivity index (χ1n) is 10.3. The molecule has 0 bridgehead atoms. The Kier molecular flexibility index (Phi) is 6.08. The lowest BCUT2D eigenvalue weighted by atomic mass is 10.2. The second-order valence-electron chi connectivity index (χ2n) is 7.64. The van der Waals surface area contributed by atoms with Gasteiger partial charge in [-0.1, -0.05) is 59.5 Å². The number of nitrogens with zero attached hydrogens (tertiary/aromatic N) is 2. The lowest BCUT2D eigenvalue weighted by Gasteiger charge is -2.15. The number of rotatable bonds is 6. The molecular weight excluding hydrogens is 458 g/mol. The molecule has 5 rings (SSSR count). The van der Waals surface area contributed by atoms with Gasteiger partial charge in [0.15, 0.2) is 5.13 Å². The number of hydrogen-bond acceptors (Lipinski definition) is 6. The highest BCUT2D eigenvalue weighted by molar-refractivity contribution is 8.00. The smallest absolute Gasteiger partial charge is 0.265 e. The van der Waals surface area contributed by atoms with Gasteiger partial charge < -0.3 is 5.32 Å². The number of hydrogen-bond donors (Lipinski definition) is 1. The molecule has 0 unspecified atom stereocenters. The Morgan fingerprint density at radius 3 is 2.88 bits per heavy atom. The van der Waals surface area contributed by atoms with E-state index in [1.54, 1.807) is 16.3 Å². The van der Waals surface area contributed by atoms with E-state index in [9.17, 15) is 9.59 Å². The first-order valence-corrected chi connectivity index (χ1v) is 13.1. The number of carbonyl (C=O) groups is 1. The van der Waals surface area contributed by atoms with E-state index in [1.807, 2.05) is 49.4 Å². The maximum atomic E-state index is 13.2. The average molecular weight is 480 g/mol. The Balaban J connectivity index is 1.35. The van der Waals surface area contributed by atoms with Crippen LogP contribution in [0.5, 0.6) is 0 Å². The first kappa shape index (κ1) is 21.3. The van der Waals surface area contributed by atoms with E-state index in [1.165, 1.54) is 28.7 Å². The number of thiazole rings is 1. The minimum atomic E-state index is -0.126. The zero-order chi connectivity index (χ0) is 22.1. The van der Waals surface area contributed by atoms with Crippen LogP contribution in [-0.2, 0) is 17.8 Å². The summed E-state index contributed by atoms with van der Waals surface area (Å²) >= 11 is 4.50. The molecule has 8 heteroatoms. The van der Waals surface area contributed by atoms with E-state index in [0.29, 0.717) is 11.7 Å². The van der Waals surface area contributed by atoms with Crippen LogP contribution in [0.25, 0.3) is 10.2 Å². The standard InChI is InChI=1S/C24H21N3O2S3/c1-15-7-8-18-19(11-15)32-24(25-18)26-20(28)14-31-21-12-17-9-10-30-22(17)23(29)27(21)13-16-5-3-2-4-6-16/h2-8,11-12H,9-10,13-14H2,1H3,(H,25,26,28). The van der Waals surface area contributed by atoms with Gasteiger partial charge in [-0.3, -0.25) is 14.2 Å². The zero-order valence-electron chi connectivity index (χ0n) is 17.5. The van der Waals surface area contributed by atoms with Crippen molar-refractivity contribution in [2.45, 2.75) is 29.8 Å². The van der Waals surface area contributed by atoms with Gasteiger partial charge in [0.2, 0.25) is 5.91 Å². The van der Waals surface area contributed by atoms with Crippen molar-refractivity contribution in [3.8, 4) is 0 Å².